The van der Waals surface area contributed by atoms with Crippen molar-refractivity contribution in [1.82, 2.24) is 14.9 Å². The molecule has 190 valence electrons. The molecule has 1 aliphatic rings. The van der Waals surface area contributed by atoms with E-state index >= 15 is 0 Å². The second-order valence-corrected chi connectivity index (χ2v) is 9.06. The number of fused-ring (bicyclic) bond motifs is 2. The summed E-state index contributed by atoms with van der Waals surface area (Å²) in [6.45, 7) is 0.370. The van der Waals surface area contributed by atoms with Gasteiger partial charge in [-0.15, -0.1) is 0 Å². The SMILES string of the molecule is CN(C)C(C(=O)O)[C@H]1c2cc(OCc3ccc4cc(F)ccc4n3)ccc2OC[C@H]1Oc1cccnc1. The standard InChI is InChI=1S/C28H26FN3O5/c1-32(2)27(28(33)34)26-22-13-20(35-15-19-7-5-17-12-18(29)6-9-23(17)31-19)8-10-24(22)36-16-25(26)37-21-4-3-11-30-14-21/h3-14,25-27H,15-16H2,1-2H3,(H,33,34)/t25-,26+,27?/m1/s1. The Bertz CT molecular complexity index is 1420. The maximum Gasteiger partial charge on any atom is 0.321 e. The summed E-state index contributed by atoms with van der Waals surface area (Å²) in [4.78, 5) is 22.7. The average Bonchev–Trinajstić information content (AvgIpc) is 2.89. The minimum absolute atomic E-state index is 0.184. The second kappa shape index (κ2) is 10.4. The Balaban J connectivity index is 1.43. The van der Waals surface area contributed by atoms with Gasteiger partial charge in [0.25, 0.3) is 0 Å². The number of carbonyl (C=O) groups is 1. The zero-order valence-corrected chi connectivity index (χ0v) is 20.4. The zero-order chi connectivity index (χ0) is 25.9. The van der Waals surface area contributed by atoms with E-state index in [0.717, 1.165) is 0 Å². The van der Waals surface area contributed by atoms with Crippen LogP contribution in [0.4, 0.5) is 4.39 Å². The fourth-order valence-corrected chi connectivity index (χ4v) is 4.63. The Morgan fingerprint density at radius 3 is 2.78 bits per heavy atom. The van der Waals surface area contributed by atoms with Crippen LogP contribution in [0.15, 0.2) is 73.1 Å². The largest absolute Gasteiger partial charge is 0.489 e. The summed E-state index contributed by atoms with van der Waals surface area (Å²) >= 11 is 0. The first-order chi connectivity index (χ1) is 17.9. The third-order valence-corrected chi connectivity index (χ3v) is 6.31. The molecule has 0 fully saturated rings. The maximum atomic E-state index is 13.5. The molecule has 0 bridgehead atoms. The van der Waals surface area contributed by atoms with Crippen molar-refractivity contribution in [2.24, 2.45) is 0 Å². The number of hydrogen-bond acceptors (Lipinski definition) is 7. The number of aliphatic carboxylic acids is 1. The first-order valence-corrected chi connectivity index (χ1v) is 11.8. The van der Waals surface area contributed by atoms with Crippen LogP contribution in [0, 0.1) is 5.82 Å². The van der Waals surface area contributed by atoms with Gasteiger partial charge in [-0.3, -0.25) is 14.7 Å². The Labute approximate surface area is 213 Å². The smallest absolute Gasteiger partial charge is 0.321 e. The number of carboxylic acid groups (broad SMARTS) is 1. The van der Waals surface area contributed by atoms with Crippen LogP contribution in [0.5, 0.6) is 17.2 Å². The molecule has 2 aromatic heterocycles. The summed E-state index contributed by atoms with van der Waals surface area (Å²) in [5.41, 5.74) is 2.03. The first-order valence-electron chi connectivity index (χ1n) is 11.8. The van der Waals surface area contributed by atoms with Crippen LogP contribution in [-0.4, -0.2) is 58.8 Å². The zero-order valence-electron chi connectivity index (χ0n) is 20.4. The van der Waals surface area contributed by atoms with Crippen LogP contribution < -0.4 is 14.2 Å². The summed E-state index contributed by atoms with van der Waals surface area (Å²) in [7, 11) is 3.46. The highest BCUT2D eigenvalue weighted by molar-refractivity contribution is 5.78. The molecule has 9 heteroatoms. The van der Waals surface area contributed by atoms with Gasteiger partial charge in [-0.25, -0.2) is 9.37 Å². The third kappa shape index (κ3) is 5.31. The summed E-state index contributed by atoms with van der Waals surface area (Å²) in [5.74, 6) is -0.172. The molecule has 3 heterocycles. The molecule has 4 aromatic rings. The summed E-state index contributed by atoms with van der Waals surface area (Å²) in [6.07, 6.45) is 2.66. The predicted molar refractivity (Wildman–Crippen MR) is 134 cm³/mol. The van der Waals surface area contributed by atoms with Gasteiger partial charge in [0, 0.05) is 17.1 Å². The van der Waals surface area contributed by atoms with E-state index in [1.54, 1.807) is 79.9 Å². The Kier molecular flexibility index (Phi) is 6.87. The molecule has 0 saturated carbocycles. The second-order valence-electron chi connectivity index (χ2n) is 9.06. The molecule has 0 saturated heterocycles. The molecular formula is C28H26FN3O5. The van der Waals surface area contributed by atoms with Crippen LogP contribution in [0.1, 0.15) is 17.2 Å². The van der Waals surface area contributed by atoms with Gasteiger partial charge >= 0.3 is 5.97 Å². The van der Waals surface area contributed by atoms with E-state index in [1.807, 2.05) is 0 Å². The van der Waals surface area contributed by atoms with E-state index in [4.69, 9.17) is 14.2 Å². The van der Waals surface area contributed by atoms with Gasteiger partial charge in [0.1, 0.15) is 48.4 Å². The highest BCUT2D eigenvalue weighted by Gasteiger charge is 2.43. The van der Waals surface area contributed by atoms with Crippen molar-refractivity contribution >= 4 is 16.9 Å². The van der Waals surface area contributed by atoms with Gasteiger partial charge in [-0.2, -0.15) is 0 Å². The van der Waals surface area contributed by atoms with E-state index in [2.05, 4.69) is 9.97 Å². The molecule has 8 nitrogen and oxygen atoms in total. The molecule has 0 aliphatic carbocycles. The number of aromatic nitrogens is 2. The van der Waals surface area contributed by atoms with Gasteiger partial charge in [-0.05, 0) is 68.7 Å². The van der Waals surface area contributed by atoms with Crippen molar-refractivity contribution in [3.8, 4) is 17.2 Å². The number of carboxylic acids is 1. The number of pyridine rings is 2. The summed E-state index contributed by atoms with van der Waals surface area (Å²) < 4.78 is 31.6. The van der Waals surface area contributed by atoms with E-state index in [1.165, 1.54) is 12.1 Å². The van der Waals surface area contributed by atoms with Gasteiger partial charge in [0.05, 0.1) is 23.3 Å². The number of nitrogens with zero attached hydrogens (tertiary/aromatic N) is 3. The normalized spacial score (nSPS) is 17.6. The molecule has 1 N–H and O–H groups in total. The third-order valence-electron chi connectivity index (χ3n) is 6.31. The predicted octanol–water partition coefficient (Wildman–Crippen LogP) is 4.29. The highest BCUT2D eigenvalue weighted by Crippen LogP contribution is 2.41. The number of likely N-dealkylation sites (N-methyl/N-ethyl adjacent to an activating group) is 1. The van der Waals surface area contributed by atoms with Crippen LogP contribution >= 0.6 is 0 Å². The molecule has 1 aliphatic heterocycles. The van der Waals surface area contributed by atoms with Gasteiger partial charge < -0.3 is 19.3 Å². The number of rotatable bonds is 8. The summed E-state index contributed by atoms with van der Waals surface area (Å²) in [6, 6.07) is 16.0. The lowest BCUT2D eigenvalue weighted by molar-refractivity contribution is -0.144. The van der Waals surface area contributed by atoms with E-state index in [-0.39, 0.29) is 19.0 Å². The number of benzene rings is 2. The molecule has 3 atom stereocenters. The van der Waals surface area contributed by atoms with Crippen molar-refractivity contribution in [3.05, 3.63) is 90.1 Å². The van der Waals surface area contributed by atoms with Gasteiger partial charge in [-0.1, -0.05) is 6.07 Å². The van der Waals surface area contributed by atoms with Crippen LogP contribution in [0.25, 0.3) is 10.9 Å². The average molecular weight is 504 g/mol. The van der Waals surface area contributed by atoms with Crippen molar-refractivity contribution in [3.63, 3.8) is 0 Å². The Morgan fingerprint density at radius 1 is 1.16 bits per heavy atom. The molecule has 0 spiro atoms. The molecule has 37 heavy (non-hydrogen) atoms. The number of ether oxygens (including phenoxy) is 3. The molecule has 1 unspecified atom stereocenters. The lowest BCUT2D eigenvalue weighted by Gasteiger charge is -2.39. The van der Waals surface area contributed by atoms with Crippen molar-refractivity contribution in [2.45, 2.75) is 24.7 Å². The van der Waals surface area contributed by atoms with E-state index < -0.39 is 24.0 Å². The van der Waals surface area contributed by atoms with E-state index in [0.29, 0.717) is 39.4 Å². The van der Waals surface area contributed by atoms with Crippen molar-refractivity contribution in [1.29, 1.82) is 0 Å². The van der Waals surface area contributed by atoms with Gasteiger partial charge in [0.15, 0.2) is 0 Å². The summed E-state index contributed by atoms with van der Waals surface area (Å²) in [5, 5.41) is 10.8. The monoisotopic (exact) mass is 503 g/mol. The molecule has 0 radical (unpaired) electrons. The minimum Gasteiger partial charge on any atom is -0.489 e. The lowest BCUT2D eigenvalue weighted by atomic mass is 9.83. The molecule has 5 rings (SSSR count). The van der Waals surface area contributed by atoms with Crippen LogP contribution in [0.3, 0.4) is 0 Å². The number of halogens is 1. The van der Waals surface area contributed by atoms with Crippen LogP contribution in [-0.2, 0) is 11.4 Å². The Hall–Kier alpha value is -4.24. The van der Waals surface area contributed by atoms with Crippen LogP contribution in [0.2, 0.25) is 0 Å². The van der Waals surface area contributed by atoms with Gasteiger partial charge in [0.2, 0.25) is 0 Å². The molecule has 2 aromatic carbocycles. The fraction of sp³-hybridized carbons (Fsp3) is 0.250. The Morgan fingerprint density at radius 2 is 2.03 bits per heavy atom. The first kappa shape index (κ1) is 24.5. The van der Waals surface area contributed by atoms with Crippen molar-refractivity contribution in [2.75, 3.05) is 20.7 Å². The minimum atomic E-state index is -0.967. The van der Waals surface area contributed by atoms with Crippen molar-refractivity contribution < 1.29 is 28.5 Å². The molecular weight excluding hydrogens is 477 g/mol. The fourth-order valence-electron chi connectivity index (χ4n) is 4.63. The number of hydrogen-bond donors (Lipinski definition) is 1. The van der Waals surface area contributed by atoms with E-state index in [9.17, 15) is 14.3 Å². The topological polar surface area (TPSA) is 94.0 Å². The molecule has 0 amide bonds. The highest BCUT2D eigenvalue weighted by atomic mass is 19.1. The lowest BCUT2D eigenvalue weighted by Crippen LogP contribution is -2.50. The maximum absolute atomic E-state index is 13.5. The quantitative estimate of drug-likeness (QED) is 0.381.